The highest BCUT2D eigenvalue weighted by Gasteiger charge is 2.11. The summed E-state index contributed by atoms with van der Waals surface area (Å²) in [7, 11) is 3.31. The van der Waals surface area contributed by atoms with Gasteiger partial charge >= 0.3 is 0 Å². The van der Waals surface area contributed by atoms with E-state index in [2.05, 4.69) is 9.88 Å². The molecule has 5 heteroatoms. The fourth-order valence-electron chi connectivity index (χ4n) is 1.46. The molecule has 1 aromatic heterocycles. The molecule has 0 fully saturated rings. The van der Waals surface area contributed by atoms with Crippen molar-refractivity contribution in [1.29, 1.82) is 0 Å². The molecule has 0 spiro atoms. The van der Waals surface area contributed by atoms with Crippen molar-refractivity contribution in [3.8, 4) is 5.75 Å². The lowest BCUT2D eigenvalue weighted by atomic mass is 10.3. The number of rotatable bonds is 7. The molecule has 90 valence electrons. The number of pyridine rings is 1. The molecule has 0 aliphatic heterocycles. The van der Waals surface area contributed by atoms with Gasteiger partial charge in [0.2, 0.25) is 0 Å². The van der Waals surface area contributed by atoms with Crippen LogP contribution in [0.3, 0.4) is 0 Å². The average Bonchev–Trinajstić information content (AvgIpc) is 2.34. The molecule has 0 radical (unpaired) electrons. The van der Waals surface area contributed by atoms with Gasteiger partial charge in [-0.05, 0) is 12.1 Å². The lowest BCUT2D eigenvalue weighted by Gasteiger charge is -2.24. The Kier molecular flexibility index (Phi) is 5.60. The van der Waals surface area contributed by atoms with E-state index >= 15 is 0 Å². The number of hydrogen-bond donors (Lipinski definition) is 1. The predicted molar refractivity (Wildman–Crippen MR) is 63.9 cm³/mol. The fourth-order valence-corrected chi connectivity index (χ4v) is 1.46. The highest BCUT2D eigenvalue weighted by molar-refractivity contribution is 5.51. The maximum atomic E-state index is 5.58. The van der Waals surface area contributed by atoms with Crippen molar-refractivity contribution >= 4 is 5.82 Å². The van der Waals surface area contributed by atoms with Gasteiger partial charge in [0.25, 0.3) is 0 Å². The van der Waals surface area contributed by atoms with Crippen molar-refractivity contribution in [1.82, 2.24) is 4.98 Å². The topological polar surface area (TPSA) is 60.6 Å². The molecule has 0 aromatic carbocycles. The van der Waals surface area contributed by atoms with Crippen molar-refractivity contribution in [2.75, 3.05) is 45.4 Å². The zero-order chi connectivity index (χ0) is 11.8. The normalized spacial score (nSPS) is 10.2. The molecule has 0 aliphatic rings. The molecule has 1 rings (SSSR count). The van der Waals surface area contributed by atoms with Gasteiger partial charge in [0.15, 0.2) is 11.6 Å². The Hall–Kier alpha value is -1.33. The van der Waals surface area contributed by atoms with Crippen molar-refractivity contribution < 1.29 is 9.47 Å². The average molecular weight is 225 g/mol. The standard InChI is InChI=1S/C11H19N3O2/c1-15-9-8-14(7-5-12)11-10(16-2)4-3-6-13-11/h3-4,6H,5,7-9,12H2,1-2H3. The van der Waals surface area contributed by atoms with Gasteiger partial charge in [0.05, 0.1) is 13.7 Å². The summed E-state index contributed by atoms with van der Waals surface area (Å²) in [4.78, 5) is 6.37. The highest BCUT2D eigenvalue weighted by atomic mass is 16.5. The van der Waals surface area contributed by atoms with Crippen LogP contribution in [0.25, 0.3) is 0 Å². The van der Waals surface area contributed by atoms with Gasteiger partial charge in [-0.1, -0.05) is 0 Å². The fraction of sp³-hybridized carbons (Fsp3) is 0.545. The van der Waals surface area contributed by atoms with Crippen LogP contribution in [0.1, 0.15) is 0 Å². The van der Waals surface area contributed by atoms with Gasteiger partial charge < -0.3 is 20.1 Å². The second-order valence-corrected chi connectivity index (χ2v) is 3.30. The molecular weight excluding hydrogens is 206 g/mol. The molecule has 16 heavy (non-hydrogen) atoms. The molecule has 0 unspecified atom stereocenters. The Morgan fingerprint density at radius 2 is 2.19 bits per heavy atom. The lowest BCUT2D eigenvalue weighted by Crippen LogP contribution is -2.33. The second-order valence-electron chi connectivity index (χ2n) is 3.30. The van der Waals surface area contributed by atoms with Crippen molar-refractivity contribution in [2.24, 2.45) is 5.73 Å². The minimum absolute atomic E-state index is 0.573. The van der Waals surface area contributed by atoms with E-state index in [0.717, 1.165) is 24.7 Å². The summed E-state index contributed by atoms with van der Waals surface area (Å²) < 4.78 is 10.3. The quantitative estimate of drug-likeness (QED) is 0.732. The van der Waals surface area contributed by atoms with Crippen LogP contribution in [-0.4, -0.2) is 45.4 Å². The summed E-state index contributed by atoms with van der Waals surface area (Å²) in [6.07, 6.45) is 1.74. The van der Waals surface area contributed by atoms with Gasteiger partial charge in [-0.2, -0.15) is 0 Å². The molecule has 0 atom stereocenters. The van der Waals surface area contributed by atoms with Crippen LogP contribution < -0.4 is 15.4 Å². The minimum atomic E-state index is 0.573. The number of nitrogens with two attached hydrogens (primary N) is 1. The monoisotopic (exact) mass is 225 g/mol. The van der Waals surface area contributed by atoms with E-state index in [1.807, 2.05) is 12.1 Å². The maximum Gasteiger partial charge on any atom is 0.171 e. The van der Waals surface area contributed by atoms with Gasteiger partial charge in [-0.3, -0.25) is 0 Å². The first-order valence-electron chi connectivity index (χ1n) is 5.26. The van der Waals surface area contributed by atoms with Crippen molar-refractivity contribution in [3.63, 3.8) is 0 Å². The number of anilines is 1. The molecule has 1 aromatic rings. The van der Waals surface area contributed by atoms with E-state index < -0.39 is 0 Å². The van der Waals surface area contributed by atoms with Gasteiger partial charge in [-0.15, -0.1) is 0 Å². The van der Waals surface area contributed by atoms with Crippen LogP contribution in [0.2, 0.25) is 0 Å². The van der Waals surface area contributed by atoms with E-state index in [0.29, 0.717) is 13.2 Å². The Morgan fingerprint density at radius 3 is 2.81 bits per heavy atom. The first-order chi connectivity index (χ1) is 7.83. The van der Waals surface area contributed by atoms with E-state index in [1.165, 1.54) is 0 Å². The smallest absolute Gasteiger partial charge is 0.171 e. The number of nitrogens with zero attached hydrogens (tertiary/aromatic N) is 2. The molecule has 0 saturated heterocycles. The number of hydrogen-bond acceptors (Lipinski definition) is 5. The largest absolute Gasteiger partial charge is 0.493 e. The van der Waals surface area contributed by atoms with Crippen LogP contribution in [0.4, 0.5) is 5.82 Å². The molecule has 1 heterocycles. The van der Waals surface area contributed by atoms with Gasteiger partial charge in [0.1, 0.15) is 0 Å². The summed E-state index contributed by atoms with van der Waals surface area (Å²) >= 11 is 0. The SMILES string of the molecule is COCCN(CCN)c1ncccc1OC. The van der Waals surface area contributed by atoms with E-state index in [1.54, 1.807) is 20.4 Å². The molecule has 0 bridgehead atoms. The molecule has 0 amide bonds. The Labute approximate surface area is 96.2 Å². The Bertz CT molecular complexity index is 307. The first kappa shape index (κ1) is 12.7. The van der Waals surface area contributed by atoms with Gasteiger partial charge in [0, 0.05) is 32.9 Å². The Morgan fingerprint density at radius 1 is 1.38 bits per heavy atom. The summed E-state index contributed by atoms with van der Waals surface area (Å²) in [6, 6.07) is 3.73. The number of ether oxygens (including phenoxy) is 2. The zero-order valence-electron chi connectivity index (χ0n) is 9.85. The molecule has 5 nitrogen and oxygen atoms in total. The predicted octanol–water partition coefficient (Wildman–Crippen LogP) is 0.502. The van der Waals surface area contributed by atoms with Crippen LogP contribution in [0, 0.1) is 0 Å². The Balaban J connectivity index is 2.81. The third-order valence-electron chi connectivity index (χ3n) is 2.23. The van der Waals surface area contributed by atoms with E-state index in [4.69, 9.17) is 15.2 Å². The maximum absolute atomic E-state index is 5.58. The second kappa shape index (κ2) is 7.03. The van der Waals surface area contributed by atoms with Crippen LogP contribution >= 0.6 is 0 Å². The van der Waals surface area contributed by atoms with Crippen LogP contribution in [0.5, 0.6) is 5.75 Å². The van der Waals surface area contributed by atoms with Crippen molar-refractivity contribution in [2.45, 2.75) is 0 Å². The van der Waals surface area contributed by atoms with Crippen LogP contribution in [0.15, 0.2) is 18.3 Å². The van der Waals surface area contributed by atoms with Crippen molar-refractivity contribution in [3.05, 3.63) is 18.3 Å². The lowest BCUT2D eigenvalue weighted by molar-refractivity contribution is 0.205. The molecule has 0 saturated carbocycles. The zero-order valence-corrected chi connectivity index (χ0v) is 9.85. The third-order valence-corrected chi connectivity index (χ3v) is 2.23. The highest BCUT2D eigenvalue weighted by Crippen LogP contribution is 2.24. The molecule has 0 aliphatic carbocycles. The molecular formula is C11H19N3O2. The van der Waals surface area contributed by atoms with Crippen LogP contribution in [-0.2, 0) is 4.74 Å². The minimum Gasteiger partial charge on any atom is -0.493 e. The summed E-state index contributed by atoms with van der Waals surface area (Å²) in [5, 5.41) is 0. The van der Waals surface area contributed by atoms with Gasteiger partial charge in [-0.25, -0.2) is 4.98 Å². The first-order valence-corrected chi connectivity index (χ1v) is 5.26. The third kappa shape index (κ3) is 3.36. The number of methoxy groups -OCH3 is 2. The summed E-state index contributed by atoms with van der Waals surface area (Å²) in [5.74, 6) is 1.57. The molecule has 2 N–H and O–H groups in total. The summed E-state index contributed by atoms with van der Waals surface area (Å²) in [6.45, 7) is 2.70. The summed E-state index contributed by atoms with van der Waals surface area (Å²) in [5.41, 5.74) is 5.58. The van der Waals surface area contributed by atoms with E-state index in [-0.39, 0.29) is 0 Å². The van der Waals surface area contributed by atoms with E-state index in [9.17, 15) is 0 Å². The number of aromatic nitrogens is 1.